The van der Waals surface area contributed by atoms with E-state index >= 15 is 0 Å². The normalized spacial score (nSPS) is 14.4. The van der Waals surface area contributed by atoms with Crippen molar-refractivity contribution < 1.29 is 18.7 Å². The van der Waals surface area contributed by atoms with Crippen LogP contribution in [0.25, 0.3) is 0 Å². The van der Waals surface area contributed by atoms with Gasteiger partial charge in [0.25, 0.3) is 5.91 Å². The molecule has 0 bridgehead atoms. The van der Waals surface area contributed by atoms with Gasteiger partial charge in [0, 0.05) is 50.8 Å². The van der Waals surface area contributed by atoms with Crippen molar-refractivity contribution in [2.75, 3.05) is 39.8 Å². The van der Waals surface area contributed by atoms with Gasteiger partial charge in [-0.2, -0.15) is 0 Å². The van der Waals surface area contributed by atoms with Crippen molar-refractivity contribution in [3.63, 3.8) is 0 Å². The lowest BCUT2D eigenvalue weighted by Crippen LogP contribution is -2.47. The van der Waals surface area contributed by atoms with Gasteiger partial charge in [-0.05, 0) is 43.3 Å². The summed E-state index contributed by atoms with van der Waals surface area (Å²) in [6, 6.07) is 13.3. The second-order valence-electron chi connectivity index (χ2n) is 7.48. The van der Waals surface area contributed by atoms with Crippen LogP contribution in [0.15, 0.2) is 48.5 Å². The van der Waals surface area contributed by atoms with Crippen LogP contribution in [0.1, 0.15) is 28.8 Å². The number of amides is 2. The van der Waals surface area contributed by atoms with E-state index in [1.54, 1.807) is 12.1 Å². The van der Waals surface area contributed by atoms with Crippen LogP contribution in [-0.4, -0.2) is 61.4 Å². The van der Waals surface area contributed by atoms with E-state index in [1.165, 1.54) is 12.1 Å². The van der Waals surface area contributed by atoms with E-state index in [2.05, 4.69) is 17.3 Å². The van der Waals surface area contributed by atoms with Crippen molar-refractivity contribution in [3.05, 3.63) is 65.5 Å². The lowest BCUT2D eigenvalue weighted by atomic mass is 10.1. The number of likely N-dealkylation sites (N-methyl/N-ethyl adjacent to an activating group) is 1. The third-order valence-corrected chi connectivity index (χ3v) is 5.09. The number of benzene rings is 2. The molecule has 1 aliphatic heterocycles. The highest BCUT2D eigenvalue weighted by atomic mass is 19.1. The lowest BCUT2D eigenvalue weighted by molar-refractivity contribution is -0.121. The summed E-state index contributed by atoms with van der Waals surface area (Å²) >= 11 is 0. The third-order valence-electron chi connectivity index (χ3n) is 5.09. The van der Waals surface area contributed by atoms with Gasteiger partial charge < -0.3 is 19.9 Å². The number of halogens is 1. The first kappa shape index (κ1) is 21.8. The minimum absolute atomic E-state index is 0.0528. The summed E-state index contributed by atoms with van der Waals surface area (Å²) in [5.41, 5.74) is 1.61. The molecule has 6 nitrogen and oxygen atoms in total. The maximum atomic E-state index is 13.1. The first-order valence-corrected chi connectivity index (χ1v) is 10.2. The number of hydrogen-bond donors (Lipinski definition) is 1. The van der Waals surface area contributed by atoms with Gasteiger partial charge >= 0.3 is 0 Å². The summed E-state index contributed by atoms with van der Waals surface area (Å²) in [5, 5.41) is 2.87. The van der Waals surface area contributed by atoms with Crippen LogP contribution in [0.3, 0.4) is 0 Å². The van der Waals surface area contributed by atoms with Crippen molar-refractivity contribution in [2.24, 2.45) is 0 Å². The summed E-state index contributed by atoms with van der Waals surface area (Å²) in [6.07, 6.45) is 0.871. The molecule has 7 heteroatoms. The highest BCUT2D eigenvalue weighted by Crippen LogP contribution is 2.13. The molecule has 1 saturated heterocycles. The predicted octanol–water partition coefficient (Wildman–Crippen LogP) is 2.69. The lowest BCUT2D eigenvalue weighted by Gasteiger charge is -2.32. The Hall–Kier alpha value is -2.93. The van der Waals surface area contributed by atoms with Crippen molar-refractivity contribution >= 4 is 11.8 Å². The molecule has 30 heavy (non-hydrogen) atoms. The van der Waals surface area contributed by atoms with E-state index in [1.807, 2.05) is 29.2 Å². The number of nitrogens with one attached hydrogen (secondary N) is 1. The van der Waals surface area contributed by atoms with Gasteiger partial charge in [-0.15, -0.1) is 0 Å². The molecule has 0 spiro atoms. The van der Waals surface area contributed by atoms with E-state index in [0.29, 0.717) is 37.3 Å². The number of piperazine rings is 1. The van der Waals surface area contributed by atoms with Gasteiger partial charge in [0.2, 0.25) is 5.91 Å². The number of carbonyl (C=O) groups is 2. The van der Waals surface area contributed by atoms with Crippen LogP contribution in [0.4, 0.5) is 4.39 Å². The van der Waals surface area contributed by atoms with Crippen molar-refractivity contribution in [1.29, 1.82) is 0 Å². The molecule has 0 aromatic heterocycles. The number of rotatable bonds is 8. The fraction of sp³-hybridized carbons (Fsp3) is 0.391. The van der Waals surface area contributed by atoms with Crippen LogP contribution in [0.2, 0.25) is 0 Å². The number of hydrogen-bond acceptors (Lipinski definition) is 4. The molecule has 0 radical (unpaired) electrons. The van der Waals surface area contributed by atoms with Crippen molar-refractivity contribution in [2.45, 2.75) is 19.4 Å². The molecule has 0 unspecified atom stereocenters. The standard InChI is InChI=1S/C23H28FN3O3/c1-26-11-13-27(14-12-26)23(29)19-9-7-18(8-10-19)17-25-22(28)6-3-15-30-21-5-2-4-20(24)16-21/h2,4-5,7-10,16H,3,6,11-15,17H2,1H3,(H,25,28). The Morgan fingerprint density at radius 2 is 1.80 bits per heavy atom. The maximum Gasteiger partial charge on any atom is 0.253 e. The van der Waals surface area contributed by atoms with Crippen LogP contribution in [0.5, 0.6) is 5.75 Å². The molecule has 1 N–H and O–H groups in total. The molecule has 0 atom stereocenters. The summed E-state index contributed by atoms with van der Waals surface area (Å²) in [4.78, 5) is 28.6. The third kappa shape index (κ3) is 6.56. The fourth-order valence-corrected chi connectivity index (χ4v) is 3.23. The highest BCUT2D eigenvalue weighted by molar-refractivity contribution is 5.94. The zero-order chi connectivity index (χ0) is 21.3. The minimum Gasteiger partial charge on any atom is -0.493 e. The second kappa shape index (κ2) is 10.7. The van der Waals surface area contributed by atoms with Crippen LogP contribution >= 0.6 is 0 Å². The number of ether oxygens (including phenoxy) is 1. The molecule has 1 heterocycles. The topological polar surface area (TPSA) is 61.9 Å². The zero-order valence-electron chi connectivity index (χ0n) is 17.3. The SMILES string of the molecule is CN1CCN(C(=O)c2ccc(CNC(=O)CCCOc3cccc(F)c3)cc2)CC1. The smallest absolute Gasteiger partial charge is 0.253 e. The fourth-order valence-electron chi connectivity index (χ4n) is 3.23. The molecule has 3 rings (SSSR count). The van der Waals surface area contributed by atoms with E-state index in [9.17, 15) is 14.0 Å². The van der Waals surface area contributed by atoms with Gasteiger partial charge in [0.15, 0.2) is 0 Å². The van der Waals surface area contributed by atoms with E-state index in [4.69, 9.17) is 4.74 Å². The van der Waals surface area contributed by atoms with E-state index in [-0.39, 0.29) is 17.6 Å². The Kier molecular flexibility index (Phi) is 7.79. The average molecular weight is 413 g/mol. The Morgan fingerprint density at radius 1 is 1.07 bits per heavy atom. The highest BCUT2D eigenvalue weighted by Gasteiger charge is 2.20. The Labute approximate surface area is 176 Å². The summed E-state index contributed by atoms with van der Waals surface area (Å²) in [6.45, 7) is 4.03. The van der Waals surface area contributed by atoms with Gasteiger partial charge in [0.05, 0.1) is 6.61 Å². The molecule has 2 amide bonds. The Morgan fingerprint density at radius 3 is 2.50 bits per heavy atom. The Balaban J connectivity index is 1.36. The van der Waals surface area contributed by atoms with Gasteiger partial charge in [0.1, 0.15) is 11.6 Å². The largest absolute Gasteiger partial charge is 0.493 e. The van der Waals surface area contributed by atoms with Gasteiger partial charge in [-0.1, -0.05) is 18.2 Å². The first-order valence-electron chi connectivity index (χ1n) is 10.2. The van der Waals surface area contributed by atoms with Gasteiger partial charge in [-0.25, -0.2) is 4.39 Å². The quantitative estimate of drug-likeness (QED) is 0.676. The van der Waals surface area contributed by atoms with Crippen molar-refractivity contribution in [3.8, 4) is 5.75 Å². The predicted molar refractivity (Wildman–Crippen MR) is 113 cm³/mol. The second-order valence-corrected chi connectivity index (χ2v) is 7.48. The molecular weight excluding hydrogens is 385 g/mol. The molecule has 2 aromatic carbocycles. The molecule has 2 aromatic rings. The monoisotopic (exact) mass is 413 g/mol. The molecule has 0 saturated carbocycles. The summed E-state index contributed by atoms with van der Waals surface area (Å²) in [5.74, 6) is 0.0931. The average Bonchev–Trinajstić information content (AvgIpc) is 2.76. The summed E-state index contributed by atoms with van der Waals surface area (Å²) in [7, 11) is 2.06. The van der Waals surface area contributed by atoms with Gasteiger partial charge in [-0.3, -0.25) is 9.59 Å². The van der Waals surface area contributed by atoms with Crippen LogP contribution in [-0.2, 0) is 11.3 Å². The van der Waals surface area contributed by atoms with Crippen LogP contribution in [0, 0.1) is 5.82 Å². The Bertz CT molecular complexity index is 849. The molecule has 1 fully saturated rings. The summed E-state index contributed by atoms with van der Waals surface area (Å²) < 4.78 is 18.5. The van der Waals surface area contributed by atoms with Crippen LogP contribution < -0.4 is 10.1 Å². The first-order chi connectivity index (χ1) is 14.5. The van der Waals surface area contributed by atoms with E-state index in [0.717, 1.165) is 31.7 Å². The minimum atomic E-state index is -0.346. The molecular formula is C23H28FN3O3. The van der Waals surface area contributed by atoms with E-state index < -0.39 is 0 Å². The zero-order valence-corrected chi connectivity index (χ0v) is 17.3. The molecule has 160 valence electrons. The number of nitrogens with zero attached hydrogens (tertiary/aromatic N) is 2. The number of carbonyl (C=O) groups excluding carboxylic acids is 2. The maximum absolute atomic E-state index is 13.1. The molecule has 1 aliphatic rings. The molecule has 0 aliphatic carbocycles. The van der Waals surface area contributed by atoms with Crippen molar-refractivity contribution in [1.82, 2.24) is 15.1 Å².